The van der Waals surface area contributed by atoms with Gasteiger partial charge in [-0.2, -0.15) is 0 Å². The van der Waals surface area contributed by atoms with Gasteiger partial charge in [-0.3, -0.25) is 0 Å². The molecule has 0 saturated carbocycles. The average molecular weight is 364 g/mol. The van der Waals surface area contributed by atoms with Crippen molar-refractivity contribution in [3.8, 4) is 11.5 Å². The van der Waals surface area contributed by atoms with E-state index < -0.39 is 6.04 Å². The molecule has 0 radical (unpaired) electrons. The normalized spacial score (nSPS) is 17.0. The highest BCUT2D eigenvalue weighted by Gasteiger charge is 2.33. The van der Waals surface area contributed by atoms with E-state index in [-0.39, 0.29) is 11.9 Å². The van der Waals surface area contributed by atoms with Gasteiger partial charge in [-0.15, -0.1) is 0 Å². The van der Waals surface area contributed by atoms with Crippen LogP contribution in [0.5, 0.6) is 11.5 Å². The molecule has 1 unspecified atom stereocenters. The maximum Gasteiger partial charge on any atom is 0.338 e. The van der Waals surface area contributed by atoms with Gasteiger partial charge in [0.25, 0.3) is 0 Å². The Labute approximate surface area is 153 Å². The smallest absolute Gasteiger partial charge is 0.338 e. The van der Waals surface area contributed by atoms with E-state index in [0.29, 0.717) is 34.5 Å². The summed E-state index contributed by atoms with van der Waals surface area (Å²) in [6.07, 6.45) is 0. The summed E-state index contributed by atoms with van der Waals surface area (Å²) in [4.78, 5) is 12.7. The van der Waals surface area contributed by atoms with Gasteiger partial charge < -0.3 is 24.8 Å². The van der Waals surface area contributed by atoms with Crippen molar-refractivity contribution in [2.75, 3.05) is 20.8 Å². The van der Waals surface area contributed by atoms with Crippen LogP contribution in [0.4, 0.5) is 0 Å². The number of thiocarbonyl (C=S) groups is 1. The van der Waals surface area contributed by atoms with Crippen molar-refractivity contribution in [1.29, 1.82) is 0 Å². The van der Waals surface area contributed by atoms with E-state index in [1.165, 1.54) is 0 Å². The number of benzene rings is 1. The molecule has 6 nitrogen and oxygen atoms in total. The van der Waals surface area contributed by atoms with Gasteiger partial charge >= 0.3 is 5.97 Å². The summed E-state index contributed by atoms with van der Waals surface area (Å²) in [6.45, 7) is 6.13. The molecule has 0 amide bonds. The van der Waals surface area contributed by atoms with Gasteiger partial charge in [0.05, 0.1) is 32.4 Å². The van der Waals surface area contributed by atoms with Gasteiger partial charge in [-0.25, -0.2) is 4.79 Å². The summed E-state index contributed by atoms with van der Waals surface area (Å²) in [6, 6.07) is 4.94. The number of carbonyl (C=O) groups is 1. The van der Waals surface area contributed by atoms with E-state index in [9.17, 15) is 4.79 Å². The molecule has 0 aliphatic carbocycles. The first kappa shape index (κ1) is 19.1. The largest absolute Gasteiger partial charge is 0.497 e. The van der Waals surface area contributed by atoms with Gasteiger partial charge in [0, 0.05) is 11.3 Å². The Morgan fingerprint density at radius 3 is 2.60 bits per heavy atom. The molecule has 0 saturated heterocycles. The molecule has 1 aliphatic heterocycles. The minimum absolute atomic E-state index is 0.250. The number of hydrogen-bond donors (Lipinski definition) is 2. The van der Waals surface area contributed by atoms with E-state index in [0.717, 1.165) is 5.56 Å². The Hall–Kier alpha value is -2.28. The molecule has 0 spiro atoms. The summed E-state index contributed by atoms with van der Waals surface area (Å²) < 4.78 is 16.2. The monoisotopic (exact) mass is 364 g/mol. The van der Waals surface area contributed by atoms with Gasteiger partial charge in [0.15, 0.2) is 5.11 Å². The van der Waals surface area contributed by atoms with Crippen molar-refractivity contribution in [2.45, 2.75) is 26.8 Å². The van der Waals surface area contributed by atoms with Crippen LogP contribution in [0.15, 0.2) is 29.5 Å². The number of hydrogen-bond acceptors (Lipinski definition) is 5. The first-order chi connectivity index (χ1) is 11.9. The van der Waals surface area contributed by atoms with Crippen LogP contribution in [0.3, 0.4) is 0 Å². The number of nitrogens with one attached hydrogen (secondary N) is 2. The van der Waals surface area contributed by atoms with Crippen molar-refractivity contribution < 1.29 is 19.0 Å². The lowest BCUT2D eigenvalue weighted by molar-refractivity contribution is -0.140. The molecular formula is C18H24N2O4S. The highest BCUT2D eigenvalue weighted by Crippen LogP contribution is 2.35. The Balaban J connectivity index is 2.47. The average Bonchev–Trinajstić information content (AvgIpc) is 2.58. The van der Waals surface area contributed by atoms with Crippen molar-refractivity contribution in [1.82, 2.24) is 10.6 Å². The van der Waals surface area contributed by atoms with Crippen molar-refractivity contribution >= 4 is 23.3 Å². The molecule has 0 bridgehead atoms. The Morgan fingerprint density at radius 1 is 1.28 bits per heavy atom. The van der Waals surface area contributed by atoms with E-state index >= 15 is 0 Å². The zero-order chi connectivity index (χ0) is 18.6. The Morgan fingerprint density at radius 2 is 2.00 bits per heavy atom. The molecule has 1 heterocycles. The molecule has 1 aromatic rings. The third-order valence-electron chi connectivity index (χ3n) is 3.78. The maximum atomic E-state index is 12.7. The minimum Gasteiger partial charge on any atom is -0.497 e. The third kappa shape index (κ3) is 4.42. The molecule has 7 heteroatoms. The summed E-state index contributed by atoms with van der Waals surface area (Å²) >= 11 is 5.27. The molecule has 1 atom stereocenters. The van der Waals surface area contributed by atoms with Crippen molar-refractivity contribution in [3.63, 3.8) is 0 Å². The number of rotatable bonds is 6. The van der Waals surface area contributed by atoms with Gasteiger partial charge in [-0.05, 0) is 43.3 Å². The Kier molecular flexibility index (Phi) is 6.25. The fourth-order valence-electron chi connectivity index (χ4n) is 2.58. The molecule has 25 heavy (non-hydrogen) atoms. The predicted molar refractivity (Wildman–Crippen MR) is 99.7 cm³/mol. The van der Waals surface area contributed by atoms with Crippen molar-refractivity contribution in [2.24, 2.45) is 5.92 Å². The maximum absolute atomic E-state index is 12.7. The van der Waals surface area contributed by atoms with Crippen LogP contribution in [0, 0.1) is 5.92 Å². The van der Waals surface area contributed by atoms with E-state index in [4.69, 9.17) is 26.4 Å². The van der Waals surface area contributed by atoms with Gasteiger partial charge in [-0.1, -0.05) is 13.8 Å². The van der Waals surface area contributed by atoms with Crippen LogP contribution < -0.4 is 20.1 Å². The van der Waals surface area contributed by atoms with Crippen LogP contribution in [0.1, 0.15) is 32.4 Å². The molecule has 0 fully saturated rings. The van der Waals surface area contributed by atoms with Gasteiger partial charge in [0.1, 0.15) is 11.5 Å². The predicted octanol–water partition coefficient (Wildman–Crippen LogP) is 2.70. The second-order valence-corrected chi connectivity index (χ2v) is 6.58. The van der Waals surface area contributed by atoms with Crippen LogP contribution in [-0.4, -0.2) is 31.9 Å². The third-order valence-corrected chi connectivity index (χ3v) is 4.00. The first-order valence-corrected chi connectivity index (χ1v) is 8.45. The van der Waals surface area contributed by atoms with E-state index in [1.807, 2.05) is 19.9 Å². The van der Waals surface area contributed by atoms with Crippen LogP contribution in [0.25, 0.3) is 0 Å². The van der Waals surface area contributed by atoms with Crippen LogP contribution in [0.2, 0.25) is 0 Å². The van der Waals surface area contributed by atoms with Crippen LogP contribution in [-0.2, 0) is 9.53 Å². The van der Waals surface area contributed by atoms with E-state index in [2.05, 4.69) is 10.6 Å². The zero-order valence-corrected chi connectivity index (χ0v) is 16.0. The molecule has 2 N–H and O–H groups in total. The number of esters is 1. The van der Waals surface area contributed by atoms with Gasteiger partial charge in [0.2, 0.25) is 0 Å². The summed E-state index contributed by atoms with van der Waals surface area (Å²) in [5.41, 5.74) is 1.88. The summed E-state index contributed by atoms with van der Waals surface area (Å²) in [5.74, 6) is 1.16. The standard InChI is InChI=1S/C18H24N2O4S/c1-10(2)9-24-17(21)15-11(3)19-18(25)20-16(15)13-8-12(22-4)6-7-14(13)23-5/h6-8,10,16H,9H2,1-5H3,(H2,19,20,25). The minimum atomic E-state index is -0.488. The summed E-state index contributed by atoms with van der Waals surface area (Å²) in [7, 11) is 3.17. The van der Waals surface area contributed by atoms with Crippen LogP contribution >= 0.6 is 12.2 Å². The molecule has 136 valence electrons. The molecule has 1 aliphatic rings. The van der Waals surface area contributed by atoms with Crippen molar-refractivity contribution in [3.05, 3.63) is 35.0 Å². The quantitative estimate of drug-likeness (QED) is 0.594. The zero-order valence-electron chi connectivity index (χ0n) is 15.1. The lowest BCUT2D eigenvalue weighted by Crippen LogP contribution is -2.45. The second kappa shape index (κ2) is 8.20. The Bertz CT molecular complexity index is 700. The molecule has 1 aromatic carbocycles. The highest BCUT2D eigenvalue weighted by atomic mass is 32.1. The fourth-order valence-corrected chi connectivity index (χ4v) is 2.85. The lowest BCUT2D eigenvalue weighted by atomic mass is 9.94. The van der Waals surface area contributed by atoms with E-state index in [1.54, 1.807) is 33.3 Å². The number of ether oxygens (including phenoxy) is 3. The number of carbonyl (C=O) groups excluding carboxylic acids is 1. The first-order valence-electron chi connectivity index (χ1n) is 8.04. The topological polar surface area (TPSA) is 68.8 Å². The molecule has 0 aromatic heterocycles. The highest BCUT2D eigenvalue weighted by molar-refractivity contribution is 7.80. The number of allylic oxidation sites excluding steroid dienone is 1. The second-order valence-electron chi connectivity index (χ2n) is 6.17. The fraction of sp³-hybridized carbons (Fsp3) is 0.444. The molecule has 2 rings (SSSR count). The molecular weight excluding hydrogens is 340 g/mol. The lowest BCUT2D eigenvalue weighted by Gasteiger charge is -2.31. The SMILES string of the molecule is COc1ccc(OC)c(C2NC(=S)NC(C)=C2C(=O)OCC(C)C)c1. The summed E-state index contributed by atoms with van der Waals surface area (Å²) in [5, 5.41) is 6.56. The number of methoxy groups -OCH3 is 2.